The van der Waals surface area contributed by atoms with Crippen molar-refractivity contribution in [2.45, 2.75) is 6.10 Å². The number of nitrogens with zero attached hydrogens (tertiary/aromatic N) is 2. The molecule has 1 aromatic rings. The molecule has 1 fully saturated rings. The molecule has 1 aliphatic heterocycles. The quantitative estimate of drug-likeness (QED) is 0.725. The average Bonchev–Trinajstić information content (AvgIpc) is 2.11. The molecule has 6 nitrogen and oxygen atoms in total. The lowest BCUT2D eigenvalue weighted by molar-refractivity contribution is -0.0820. The molecular weight excluding hydrogens is 186 g/mol. The SMILES string of the molecule is COc1c(N)ncnc1OC1COC1. The van der Waals surface area contributed by atoms with Crippen LogP contribution in [0.5, 0.6) is 11.6 Å². The summed E-state index contributed by atoms with van der Waals surface area (Å²) in [5.41, 5.74) is 5.58. The maximum atomic E-state index is 5.58. The molecule has 0 aromatic carbocycles. The van der Waals surface area contributed by atoms with Gasteiger partial charge in [0, 0.05) is 0 Å². The molecule has 1 aromatic heterocycles. The van der Waals surface area contributed by atoms with Crippen LogP contribution in [0.25, 0.3) is 0 Å². The highest BCUT2D eigenvalue weighted by Gasteiger charge is 2.23. The van der Waals surface area contributed by atoms with Crippen LogP contribution in [-0.4, -0.2) is 36.4 Å². The van der Waals surface area contributed by atoms with Gasteiger partial charge in [-0.05, 0) is 0 Å². The van der Waals surface area contributed by atoms with Crippen molar-refractivity contribution in [1.29, 1.82) is 0 Å². The third-order valence-corrected chi connectivity index (χ3v) is 1.89. The molecular formula is C8H11N3O3. The van der Waals surface area contributed by atoms with E-state index in [1.165, 1.54) is 13.4 Å². The number of methoxy groups -OCH3 is 1. The summed E-state index contributed by atoms with van der Waals surface area (Å²) in [5, 5.41) is 0. The number of hydrogen-bond acceptors (Lipinski definition) is 6. The van der Waals surface area contributed by atoms with Gasteiger partial charge in [0.15, 0.2) is 5.82 Å². The van der Waals surface area contributed by atoms with Gasteiger partial charge < -0.3 is 19.9 Å². The third-order valence-electron chi connectivity index (χ3n) is 1.89. The van der Waals surface area contributed by atoms with Crippen molar-refractivity contribution in [3.05, 3.63) is 6.33 Å². The van der Waals surface area contributed by atoms with Gasteiger partial charge in [0.25, 0.3) is 5.88 Å². The van der Waals surface area contributed by atoms with Gasteiger partial charge in [0.05, 0.1) is 20.3 Å². The predicted molar refractivity (Wildman–Crippen MR) is 48.2 cm³/mol. The normalized spacial score (nSPS) is 16.1. The zero-order valence-corrected chi connectivity index (χ0v) is 7.77. The van der Waals surface area contributed by atoms with Crippen LogP contribution in [0.2, 0.25) is 0 Å². The Balaban J connectivity index is 2.17. The van der Waals surface area contributed by atoms with Gasteiger partial charge >= 0.3 is 0 Å². The van der Waals surface area contributed by atoms with Gasteiger partial charge in [0.2, 0.25) is 5.75 Å². The topological polar surface area (TPSA) is 79.5 Å². The number of anilines is 1. The highest BCUT2D eigenvalue weighted by Crippen LogP contribution is 2.29. The van der Waals surface area contributed by atoms with Crippen LogP contribution in [0.4, 0.5) is 5.82 Å². The molecule has 14 heavy (non-hydrogen) atoms. The van der Waals surface area contributed by atoms with Crippen molar-refractivity contribution in [2.75, 3.05) is 26.1 Å². The van der Waals surface area contributed by atoms with E-state index in [1.807, 2.05) is 0 Å². The lowest BCUT2D eigenvalue weighted by Gasteiger charge is -2.26. The number of aromatic nitrogens is 2. The van der Waals surface area contributed by atoms with E-state index in [2.05, 4.69) is 9.97 Å². The van der Waals surface area contributed by atoms with Gasteiger partial charge in [-0.25, -0.2) is 4.98 Å². The van der Waals surface area contributed by atoms with Gasteiger partial charge in [-0.1, -0.05) is 0 Å². The van der Waals surface area contributed by atoms with Crippen LogP contribution in [0.15, 0.2) is 6.33 Å². The first-order valence-electron chi connectivity index (χ1n) is 4.20. The summed E-state index contributed by atoms with van der Waals surface area (Å²) in [4.78, 5) is 7.73. The molecule has 1 aliphatic rings. The van der Waals surface area contributed by atoms with E-state index < -0.39 is 0 Å². The molecule has 0 aliphatic carbocycles. The van der Waals surface area contributed by atoms with Crippen molar-refractivity contribution in [3.8, 4) is 11.6 Å². The smallest absolute Gasteiger partial charge is 0.262 e. The van der Waals surface area contributed by atoms with Gasteiger partial charge in [0.1, 0.15) is 12.4 Å². The molecule has 0 unspecified atom stereocenters. The van der Waals surface area contributed by atoms with Crippen LogP contribution in [-0.2, 0) is 4.74 Å². The van der Waals surface area contributed by atoms with Crippen molar-refractivity contribution >= 4 is 5.82 Å². The fourth-order valence-corrected chi connectivity index (χ4v) is 1.09. The first-order valence-corrected chi connectivity index (χ1v) is 4.20. The fraction of sp³-hybridized carbons (Fsp3) is 0.500. The highest BCUT2D eigenvalue weighted by molar-refractivity contribution is 5.51. The largest absolute Gasteiger partial charge is 0.489 e. The minimum atomic E-state index is 0.0400. The first kappa shape index (κ1) is 9.01. The molecule has 0 radical (unpaired) electrons. The molecule has 0 spiro atoms. The molecule has 2 heterocycles. The van der Waals surface area contributed by atoms with Crippen LogP contribution < -0.4 is 15.2 Å². The zero-order chi connectivity index (χ0) is 9.97. The van der Waals surface area contributed by atoms with Crippen LogP contribution in [0, 0.1) is 0 Å². The van der Waals surface area contributed by atoms with E-state index in [9.17, 15) is 0 Å². The standard InChI is InChI=1S/C8H11N3O3/c1-12-6-7(9)10-4-11-8(6)14-5-2-13-3-5/h4-5H,2-3H2,1H3,(H2,9,10,11). The van der Waals surface area contributed by atoms with Gasteiger partial charge in [-0.15, -0.1) is 0 Å². The lowest BCUT2D eigenvalue weighted by atomic mass is 10.3. The Kier molecular flexibility index (Phi) is 2.36. The predicted octanol–water partition coefficient (Wildman–Crippen LogP) is -0.155. The summed E-state index contributed by atoms with van der Waals surface area (Å²) in [7, 11) is 1.50. The van der Waals surface area contributed by atoms with E-state index in [4.69, 9.17) is 19.9 Å². The zero-order valence-electron chi connectivity index (χ0n) is 7.77. The molecule has 0 bridgehead atoms. The van der Waals surface area contributed by atoms with Gasteiger partial charge in [-0.3, -0.25) is 0 Å². The van der Waals surface area contributed by atoms with Crippen molar-refractivity contribution < 1.29 is 14.2 Å². The Labute approximate surface area is 81.0 Å². The average molecular weight is 197 g/mol. The number of rotatable bonds is 3. The van der Waals surface area contributed by atoms with Crippen LogP contribution in [0.3, 0.4) is 0 Å². The number of hydrogen-bond donors (Lipinski definition) is 1. The van der Waals surface area contributed by atoms with Crippen molar-refractivity contribution in [3.63, 3.8) is 0 Å². The molecule has 6 heteroatoms. The molecule has 0 atom stereocenters. The van der Waals surface area contributed by atoms with E-state index >= 15 is 0 Å². The Morgan fingerprint density at radius 1 is 1.50 bits per heavy atom. The van der Waals surface area contributed by atoms with Crippen LogP contribution >= 0.6 is 0 Å². The Morgan fingerprint density at radius 3 is 2.86 bits per heavy atom. The molecule has 0 saturated carbocycles. The Morgan fingerprint density at radius 2 is 2.29 bits per heavy atom. The summed E-state index contributed by atoms with van der Waals surface area (Å²) in [6, 6.07) is 0. The minimum Gasteiger partial charge on any atom is -0.489 e. The second-order valence-corrected chi connectivity index (χ2v) is 2.87. The summed E-state index contributed by atoms with van der Waals surface area (Å²) in [6.45, 7) is 1.15. The van der Waals surface area contributed by atoms with Crippen LogP contribution in [0.1, 0.15) is 0 Å². The molecule has 0 amide bonds. The summed E-state index contributed by atoms with van der Waals surface area (Å²) < 4.78 is 15.5. The molecule has 1 saturated heterocycles. The monoisotopic (exact) mass is 197 g/mol. The minimum absolute atomic E-state index is 0.0400. The number of nitrogen functional groups attached to an aromatic ring is 1. The van der Waals surface area contributed by atoms with E-state index in [1.54, 1.807) is 0 Å². The van der Waals surface area contributed by atoms with E-state index in [0.717, 1.165) is 0 Å². The first-order chi connectivity index (χ1) is 6.81. The summed E-state index contributed by atoms with van der Waals surface area (Å²) >= 11 is 0. The maximum absolute atomic E-state index is 5.58. The van der Waals surface area contributed by atoms with Crippen molar-refractivity contribution in [2.24, 2.45) is 0 Å². The second-order valence-electron chi connectivity index (χ2n) is 2.87. The lowest BCUT2D eigenvalue weighted by Crippen LogP contribution is -2.38. The van der Waals surface area contributed by atoms with E-state index in [0.29, 0.717) is 24.8 Å². The molecule has 76 valence electrons. The molecule has 2 rings (SSSR count). The maximum Gasteiger partial charge on any atom is 0.262 e. The summed E-state index contributed by atoms with van der Waals surface area (Å²) in [6.07, 6.45) is 1.38. The van der Waals surface area contributed by atoms with E-state index in [-0.39, 0.29) is 11.9 Å². The fourth-order valence-electron chi connectivity index (χ4n) is 1.09. The molecule has 2 N–H and O–H groups in total. The second kappa shape index (κ2) is 3.67. The Bertz CT molecular complexity index is 328. The Hall–Kier alpha value is -1.56. The third kappa shape index (κ3) is 1.56. The highest BCUT2D eigenvalue weighted by atomic mass is 16.6. The van der Waals surface area contributed by atoms with Crippen molar-refractivity contribution in [1.82, 2.24) is 9.97 Å². The number of ether oxygens (including phenoxy) is 3. The number of nitrogens with two attached hydrogens (primary N) is 1. The van der Waals surface area contributed by atoms with Gasteiger partial charge in [-0.2, -0.15) is 4.98 Å². The summed E-state index contributed by atoms with van der Waals surface area (Å²) in [5.74, 6) is 1.02.